The Balaban J connectivity index is 2.23. The van der Waals surface area contributed by atoms with Crippen LogP contribution in [0.1, 0.15) is 11.5 Å². The van der Waals surface area contributed by atoms with Gasteiger partial charge in [0.1, 0.15) is 11.0 Å². The van der Waals surface area contributed by atoms with Crippen molar-refractivity contribution >= 4 is 10.0 Å². The Morgan fingerprint density at radius 2 is 2.33 bits per heavy atom. The number of sulfonamides is 1. The maximum Gasteiger partial charge on any atom is 0.243 e. The van der Waals surface area contributed by atoms with Crippen molar-refractivity contribution in [1.29, 1.82) is 5.26 Å². The number of hydrogen-bond donors (Lipinski definition) is 2. The second-order valence-corrected chi connectivity index (χ2v) is 4.85. The normalized spacial score (nSPS) is 11.1. The Bertz CT molecular complexity index is 674. The number of tetrazole rings is 1. The Hall–Kier alpha value is -2.38. The van der Waals surface area contributed by atoms with Crippen LogP contribution in [-0.2, 0) is 16.6 Å². The minimum atomic E-state index is -3.84. The van der Waals surface area contributed by atoms with Gasteiger partial charge in [0.15, 0.2) is 11.5 Å². The van der Waals surface area contributed by atoms with Gasteiger partial charge in [-0.3, -0.25) is 0 Å². The number of aromatic amines is 1. The Morgan fingerprint density at radius 1 is 1.50 bits per heavy atom. The first-order valence-corrected chi connectivity index (χ1v) is 6.19. The molecule has 0 bridgehead atoms. The number of hydrogen-bond acceptors (Lipinski definition) is 7. The largest absolute Gasteiger partial charge is 0.244 e. The van der Waals surface area contributed by atoms with Crippen LogP contribution in [0.5, 0.6) is 0 Å². The van der Waals surface area contributed by atoms with Crippen molar-refractivity contribution in [2.45, 2.75) is 11.4 Å². The van der Waals surface area contributed by atoms with E-state index in [4.69, 9.17) is 5.26 Å². The van der Waals surface area contributed by atoms with Crippen LogP contribution in [0.2, 0.25) is 0 Å². The fraction of sp³-hybridized carbons (Fsp3) is 0.125. The van der Waals surface area contributed by atoms with Gasteiger partial charge in [-0.05, 0) is 12.1 Å². The minimum Gasteiger partial charge on any atom is -0.244 e. The summed E-state index contributed by atoms with van der Waals surface area (Å²) < 4.78 is 26.1. The summed E-state index contributed by atoms with van der Waals surface area (Å²) in [6.45, 7) is -0.126. The number of nitrogens with one attached hydrogen (secondary N) is 2. The lowest BCUT2D eigenvalue weighted by Gasteiger charge is -2.05. The summed E-state index contributed by atoms with van der Waals surface area (Å²) in [5.41, 5.74) is -0.168. The van der Waals surface area contributed by atoms with Gasteiger partial charge in [0.25, 0.3) is 0 Å². The molecule has 0 aromatic carbocycles. The van der Waals surface area contributed by atoms with Crippen LogP contribution in [0.3, 0.4) is 0 Å². The standard InChI is InChI=1S/C8H7N7O2S/c9-4-6-7(2-1-3-10-6)18(16,17)11-5-8-12-14-15-13-8/h1-3,11H,5H2,(H,12,13,14,15). The van der Waals surface area contributed by atoms with E-state index in [9.17, 15) is 8.42 Å². The molecule has 18 heavy (non-hydrogen) atoms. The van der Waals surface area contributed by atoms with Crippen LogP contribution in [-0.4, -0.2) is 34.0 Å². The van der Waals surface area contributed by atoms with Gasteiger partial charge in [0, 0.05) is 6.20 Å². The van der Waals surface area contributed by atoms with E-state index in [-0.39, 0.29) is 23.0 Å². The highest BCUT2D eigenvalue weighted by Crippen LogP contribution is 2.11. The molecule has 0 amide bonds. The molecule has 0 fully saturated rings. The molecule has 0 saturated heterocycles. The number of H-pyrrole nitrogens is 1. The smallest absolute Gasteiger partial charge is 0.243 e. The van der Waals surface area contributed by atoms with Crippen molar-refractivity contribution in [3.05, 3.63) is 29.8 Å². The minimum absolute atomic E-state index is 0.126. The number of rotatable bonds is 4. The lowest BCUT2D eigenvalue weighted by molar-refractivity contribution is 0.578. The van der Waals surface area contributed by atoms with Crippen LogP contribution in [0.4, 0.5) is 0 Å². The second kappa shape index (κ2) is 4.86. The zero-order valence-corrected chi connectivity index (χ0v) is 9.72. The molecule has 0 radical (unpaired) electrons. The molecule has 2 aromatic heterocycles. The summed E-state index contributed by atoms with van der Waals surface area (Å²) in [5, 5.41) is 21.5. The van der Waals surface area contributed by atoms with Crippen molar-refractivity contribution in [1.82, 2.24) is 30.3 Å². The van der Waals surface area contributed by atoms with Crippen LogP contribution in [0.15, 0.2) is 23.2 Å². The molecule has 0 aliphatic heterocycles. The molecule has 2 rings (SSSR count). The second-order valence-electron chi connectivity index (χ2n) is 3.11. The molecule has 0 saturated carbocycles. The molecule has 0 aliphatic rings. The van der Waals surface area contributed by atoms with Gasteiger partial charge in [-0.1, -0.05) is 5.21 Å². The predicted octanol–water partition coefficient (Wildman–Crippen LogP) is -1.06. The number of aromatic nitrogens is 5. The molecule has 92 valence electrons. The monoisotopic (exact) mass is 265 g/mol. The quantitative estimate of drug-likeness (QED) is 0.718. The highest BCUT2D eigenvalue weighted by molar-refractivity contribution is 7.89. The fourth-order valence-corrected chi connectivity index (χ4v) is 2.27. The van der Waals surface area contributed by atoms with Crippen molar-refractivity contribution in [2.24, 2.45) is 0 Å². The fourth-order valence-electron chi connectivity index (χ4n) is 1.19. The van der Waals surface area contributed by atoms with Crippen molar-refractivity contribution in [3.63, 3.8) is 0 Å². The van der Waals surface area contributed by atoms with Gasteiger partial charge in [-0.2, -0.15) is 10.5 Å². The van der Waals surface area contributed by atoms with Crippen molar-refractivity contribution < 1.29 is 8.42 Å². The molecule has 0 unspecified atom stereocenters. The number of nitrogens with zero attached hydrogens (tertiary/aromatic N) is 5. The molecule has 9 nitrogen and oxygen atoms in total. The van der Waals surface area contributed by atoms with E-state index in [1.807, 2.05) is 0 Å². The first kappa shape index (κ1) is 12.1. The summed E-state index contributed by atoms with van der Waals surface area (Å²) in [7, 11) is -3.84. The lowest BCUT2D eigenvalue weighted by Crippen LogP contribution is -2.25. The average molecular weight is 265 g/mol. The van der Waals surface area contributed by atoms with Crippen molar-refractivity contribution in [2.75, 3.05) is 0 Å². The SMILES string of the molecule is N#Cc1ncccc1S(=O)(=O)NCc1nn[nH]n1. The van der Waals surface area contributed by atoms with Gasteiger partial charge in [0.05, 0.1) is 6.54 Å². The van der Waals surface area contributed by atoms with Crippen molar-refractivity contribution in [3.8, 4) is 6.07 Å². The van der Waals surface area contributed by atoms with Gasteiger partial charge in [0.2, 0.25) is 10.0 Å². The average Bonchev–Trinajstić information content (AvgIpc) is 2.89. The first-order valence-electron chi connectivity index (χ1n) is 4.70. The van der Waals surface area contributed by atoms with Gasteiger partial charge in [-0.15, -0.1) is 10.2 Å². The third-order valence-corrected chi connectivity index (χ3v) is 3.41. The van der Waals surface area contributed by atoms with E-state index in [1.165, 1.54) is 18.3 Å². The zero-order valence-electron chi connectivity index (χ0n) is 8.90. The third kappa shape index (κ3) is 2.47. The van der Waals surface area contributed by atoms with Gasteiger partial charge in [-0.25, -0.2) is 18.1 Å². The van der Waals surface area contributed by atoms with Crippen LogP contribution in [0.25, 0.3) is 0 Å². The highest BCUT2D eigenvalue weighted by Gasteiger charge is 2.19. The number of pyridine rings is 1. The molecule has 2 N–H and O–H groups in total. The molecule has 0 spiro atoms. The first-order chi connectivity index (χ1) is 8.63. The van der Waals surface area contributed by atoms with E-state index in [1.54, 1.807) is 6.07 Å². The van der Waals surface area contributed by atoms with E-state index in [2.05, 4.69) is 30.3 Å². The molecule has 0 aliphatic carbocycles. The Morgan fingerprint density at radius 3 is 3.00 bits per heavy atom. The van der Waals surface area contributed by atoms with Crippen LogP contribution in [0, 0.1) is 11.3 Å². The van der Waals surface area contributed by atoms with Crippen LogP contribution >= 0.6 is 0 Å². The van der Waals surface area contributed by atoms with E-state index in [0.29, 0.717) is 0 Å². The molecular weight excluding hydrogens is 258 g/mol. The molecule has 0 atom stereocenters. The molecule has 10 heteroatoms. The Labute approximate surface area is 102 Å². The third-order valence-electron chi connectivity index (χ3n) is 1.98. The maximum atomic E-state index is 11.9. The van der Waals surface area contributed by atoms with E-state index >= 15 is 0 Å². The molecular formula is C8H7N7O2S. The summed E-state index contributed by atoms with van der Waals surface area (Å²) in [6.07, 6.45) is 1.34. The van der Waals surface area contributed by atoms with Gasteiger partial charge >= 0.3 is 0 Å². The van der Waals surface area contributed by atoms with Crippen LogP contribution < -0.4 is 4.72 Å². The molecule has 2 aromatic rings. The Kier molecular flexibility index (Phi) is 3.26. The lowest BCUT2D eigenvalue weighted by atomic mass is 10.4. The summed E-state index contributed by atoms with van der Waals surface area (Å²) >= 11 is 0. The number of nitriles is 1. The topological polar surface area (TPSA) is 137 Å². The van der Waals surface area contributed by atoms with E-state index in [0.717, 1.165) is 0 Å². The maximum absolute atomic E-state index is 11.9. The molecule has 2 heterocycles. The summed E-state index contributed by atoms with van der Waals surface area (Å²) in [4.78, 5) is 3.49. The predicted molar refractivity (Wildman–Crippen MR) is 57.2 cm³/mol. The zero-order chi connectivity index (χ0) is 13.0. The summed E-state index contributed by atoms with van der Waals surface area (Å²) in [5.74, 6) is 0.195. The summed E-state index contributed by atoms with van der Waals surface area (Å²) in [6, 6.07) is 4.44. The van der Waals surface area contributed by atoms with Gasteiger partial charge < -0.3 is 0 Å². The highest BCUT2D eigenvalue weighted by atomic mass is 32.2. The van der Waals surface area contributed by atoms with E-state index < -0.39 is 10.0 Å².